The summed E-state index contributed by atoms with van der Waals surface area (Å²) in [6.45, 7) is 4.66. The number of ether oxygens (including phenoxy) is 1. The quantitative estimate of drug-likeness (QED) is 0.0876. The number of carbonyl (C=O) groups is 1. The highest BCUT2D eigenvalue weighted by Crippen LogP contribution is 2.23. The number of unbranched alkanes of at least 4 members (excludes halogenated alkanes) is 15. The zero-order valence-corrected chi connectivity index (χ0v) is 23.1. The third-order valence-corrected chi connectivity index (χ3v) is 6.96. The van der Waals surface area contributed by atoms with Crippen molar-refractivity contribution in [1.29, 1.82) is 0 Å². The van der Waals surface area contributed by atoms with E-state index in [1.54, 1.807) is 0 Å². The molecule has 0 saturated heterocycles. The Bertz CT molecular complexity index is 686. The predicted octanol–water partition coefficient (Wildman–Crippen LogP) is 9.15. The standard InChI is InChI=1S/C30H51F3NO2/c1-4-5-6-7-8-9-10-11-12-13-14-15-16-17-18-19-24-34(2,3)25-26-36-28-22-20-27(21-23-28)29(35)30(31,32)33/h20-23H,4-19,24-26H2,1-3H3/q+1. The van der Waals surface area contributed by atoms with Crippen LogP contribution in [0.1, 0.15) is 120 Å². The van der Waals surface area contributed by atoms with Crippen LogP contribution in [0, 0.1) is 0 Å². The largest absolute Gasteiger partial charge is 0.488 e. The van der Waals surface area contributed by atoms with Crippen LogP contribution in [0.15, 0.2) is 24.3 Å². The summed E-state index contributed by atoms with van der Waals surface area (Å²) in [5, 5.41) is 0. The van der Waals surface area contributed by atoms with E-state index in [9.17, 15) is 18.0 Å². The van der Waals surface area contributed by atoms with Gasteiger partial charge in [-0.3, -0.25) is 4.79 Å². The second kappa shape index (κ2) is 18.6. The van der Waals surface area contributed by atoms with Gasteiger partial charge in [-0.1, -0.05) is 96.8 Å². The van der Waals surface area contributed by atoms with Crippen LogP contribution >= 0.6 is 0 Å². The summed E-state index contributed by atoms with van der Waals surface area (Å²) in [5.41, 5.74) is -0.366. The summed E-state index contributed by atoms with van der Waals surface area (Å²) < 4.78 is 44.0. The first-order valence-electron chi connectivity index (χ1n) is 14.3. The first-order valence-corrected chi connectivity index (χ1v) is 14.3. The van der Waals surface area contributed by atoms with Gasteiger partial charge < -0.3 is 9.22 Å². The fraction of sp³-hybridized carbons (Fsp3) is 0.767. The maximum absolute atomic E-state index is 12.5. The fourth-order valence-corrected chi connectivity index (χ4v) is 4.48. The van der Waals surface area contributed by atoms with Gasteiger partial charge in [0, 0.05) is 5.56 Å². The van der Waals surface area contributed by atoms with E-state index < -0.39 is 12.0 Å². The second-order valence-corrected chi connectivity index (χ2v) is 10.9. The van der Waals surface area contributed by atoms with Crippen LogP contribution < -0.4 is 4.74 Å². The van der Waals surface area contributed by atoms with Crippen molar-refractivity contribution < 1.29 is 27.2 Å². The molecule has 1 rings (SSSR count). The normalized spacial score (nSPS) is 12.2. The average molecular weight is 515 g/mol. The van der Waals surface area contributed by atoms with E-state index >= 15 is 0 Å². The average Bonchev–Trinajstić information content (AvgIpc) is 2.83. The van der Waals surface area contributed by atoms with Crippen molar-refractivity contribution in [3.63, 3.8) is 0 Å². The number of likely N-dealkylation sites (N-methyl/N-ethyl adjacent to an activating group) is 1. The Morgan fingerprint density at radius 1 is 0.694 bits per heavy atom. The maximum Gasteiger partial charge on any atom is 0.454 e. The lowest BCUT2D eigenvalue weighted by atomic mass is 10.0. The van der Waals surface area contributed by atoms with Crippen molar-refractivity contribution in [2.75, 3.05) is 33.8 Å². The molecule has 0 heterocycles. The second-order valence-electron chi connectivity index (χ2n) is 10.9. The van der Waals surface area contributed by atoms with E-state index in [0.717, 1.165) is 17.6 Å². The van der Waals surface area contributed by atoms with Gasteiger partial charge in [-0.05, 0) is 37.1 Å². The number of hydrogen-bond acceptors (Lipinski definition) is 2. The molecule has 6 heteroatoms. The van der Waals surface area contributed by atoms with Crippen molar-refractivity contribution in [2.24, 2.45) is 0 Å². The van der Waals surface area contributed by atoms with E-state index in [1.165, 1.54) is 127 Å². The van der Waals surface area contributed by atoms with Gasteiger partial charge in [-0.15, -0.1) is 0 Å². The minimum Gasteiger partial charge on any atom is -0.488 e. The van der Waals surface area contributed by atoms with Gasteiger partial charge in [-0.25, -0.2) is 0 Å². The Morgan fingerprint density at radius 3 is 1.53 bits per heavy atom. The Balaban J connectivity index is 1.99. The Hall–Kier alpha value is -1.56. The number of hydrogen-bond donors (Lipinski definition) is 0. The minimum atomic E-state index is -4.85. The number of halogens is 3. The molecule has 0 spiro atoms. The first kappa shape index (κ1) is 32.5. The first-order chi connectivity index (χ1) is 17.2. The number of ketones is 1. The van der Waals surface area contributed by atoms with Crippen molar-refractivity contribution in [1.82, 2.24) is 0 Å². The van der Waals surface area contributed by atoms with Crippen LogP contribution in [0.25, 0.3) is 0 Å². The Morgan fingerprint density at radius 2 is 1.11 bits per heavy atom. The van der Waals surface area contributed by atoms with E-state index in [2.05, 4.69) is 21.0 Å². The van der Waals surface area contributed by atoms with Crippen LogP contribution in [0.2, 0.25) is 0 Å². The SMILES string of the molecule is CCCCCCCCCCCCCCCCCC[N+](C)(C)CCOc1ccc(C(=O)C(F)(F)F)cc1. The minimum absolute atomic E-state index is 0.366. The zero-order valence-electron chi connectivity index (χ0n) is 23.1. The van der Waals surface area contributed by atoms with Gasteiger partial charge in [0.2, 0.25) is 0 Å². The number of quaternary nitrogens is 1. The molecule has 1 aromatic rings. The molecule has 0 aliphatic heterocycles. The molecule has 0 aliphatic rings. The van der Waals surface area contributed by atoms with Gasteiger partial charge in [0.05, 0.1) is 20.6 Å². The molecule has 0 aromatic heterocycles. The van der Waals surface area contributed by atoms with E-state index in [1.807, 2.05) is 0 Å². The molecule has 3 nitrogen and oxygen atoms in total. The van der Waals surface area contributed by atoms with E-state index in [-0.39, 0.29) is 5.56 Å². The molecular formula is C30H51F3NO2+. The summed E-state index contributed by atoms with van der Waals surface area (Å²) in [6.07, 6.45) is 17.0. The summed E-state index contributed by atoms with van der Waals surface area (Å²) in [7, 11) is 4.36. The van der Waals surface area contributed by atoms with Gasteiger partial charge in [-0.2, -0.15) is 13.2 Å². The number of alkyl halides is 3. The molecule has 0 fully saturated rings. The number of benzene rings is 1. The third-order valence-electron chi connectivity index (χ3n) is 6.96. The molecule has 0 radical (unpaired) electrons. The van der Waals surface area contributed by atoms with E-state index in [4.69, 9.17) is 4.74 Å². The lowest BCUT2D eigenvalue weighted by molar-refractivity contribution is -0.890. The summed E-state index contributed by atoms with van der Waals surface area (Å²) in [5.74, 6) is -1.35. The molecule has 0 unspecified atom stereocenters. The van der Waals surface area contributed by atoms with Gasteiger partial charge in [0.1, 0.15) is 18.9 Å². The van der Waals surface area contributed by atoms with Crippen molar-refractivity contribution >= 4 is 5.78 Å². The third kappa shape index (κ3) is 16.2. The van der Waals surface area contributed by atoms with Crippen LogP contribution in [0.5, 0.6) is 5.75 Å². The molecular weight excluding hydrogens is 463 g/mol. The van der Waals surface area contributed by atoms with E-state index in [0.29, 0.717) is 12.4 Å². The van der Waals surface area contributed by atoms with Crippen LogP contribution in [-0.2, 0) is 0 Å². The molecule has 0 N–H and O–H groups in total. The number of rotatable bonds is 22. The molecule has 36 heavy (non-hydrogen) atoms. The summed E-state index contributed by atoms with van der Waals surface area (Å²) in [6, 6.07) is 5.19. The van der Waals surface area contributed by atoms with Gasteiger partial charge in [0.15, 0.2) is 0 Å². The molecule has 0 saturated carbocycles. The Kier molecular flexibility index (Phi) is 16.8. The molecule has 0 amide bonds. The highest BCUT2D eigenvalue weighted by atomic mass is 19.4. The number of carbonyl (C=O) groups excluding carboxylic acids is 1. The lowest BCUT2D eigenvalue weighted by Crippen LogP contribution is -2.43. The summed E-state index contributed by atoms with van der Waals surface area (Å²) in [4.78, 5) is 11.2. The van der Waals surface area contributed by atoms with Gasteiger partial charge in [0.25, 0.3) is 5.78 Å². The molecule has 0 bridgehead atoms. The van der Waals surface area contributed by atoms with Crippen LogP contribution in [-0.4, -0.2) is 50.2 Å². The van der Waals surface area contributed by atoms with Crippen LogP contribution in [0.4, 0.5) is 13.2 Å². The number of Topliss-reactive ketones (excluding diaryl/α,β-unsaturated/α-hetero) is 1. The highest BCUT2D eigenvalue weighted by Gasteiger charge is 2.39. The molecule has 208 valence electrons. The maximum atomic E-state index is 12.5. The predicted molar refractivity (Wildman–Crippen MR) is 144 cm³/mol. The van der Waals surface area contributed by atoms with Crippen molar-refractivity contribution in [3.8, 4) is 5.75 Å². The Labute approximate surface area is 218 Å². The van der Waals surface area contributed by atoms with Crippen molar-refractivity contribution in [3.05, 3.63) is 29.8 Å². The van der Waals surface area contributed by atoms with Crippen LogP contribution in [0.3, 0.4) is 0 Å². The number of nitrogens with zero attached hydrogens (tertiary/aromatic N) is 1. The smallest absolute Gasteiger partial charge is 0.454 e. The topological polar surface area (TPSA) is 26.3 Å². The molecule has 0 atom stereocenters. The lowest BCUT2D eigenvalue weighted by Gasteiger charge is -2.29. The highest BCUT2D eigenvalue weighted by molar-refractivity contribution is 6.00. The summed E-state index contributed by atoms with van der Waals surface area (Å²) >= 11 is 0. The zero-order chi connectivity index (χ0) is 26.7. The monoisotopic (exact) mass is 514 g/mol. The molecule has 1 aromatic carbocycles. The van der Waals surface area contributed by atoms with Gasteiger partial charge >= 0.3 is 6.18 Å². The molecule has 0 aliphatic carbocycles. The van der Waals surface area contributed by atoms with Crippen molar-refractivity contribution in [2.45, 2.75) is 116 Å². The fourth-order valence-electron chi connectivity index (χ4n) is 4.48.